The number of piperazine rings is 1. The van der Waals surface area contributed by atoms with Crippen LogP contribution in [-0.4, -0.2) is 51.0 Å². The predicted molar refractivity (Wildman–Crippen MR) is 111 cm³/mol. The van der Waals surface area contributed by atoms with Crippen LogP contribution in [0.25, 0.3) is 11.0 Å². The molecule has 28 heavy (non-hydrogen) atoms. The molecule has 3 aromatic rings. The van der Waals surface area contributed by atoms with Crippen LogP contribution in [0.3, 0.4) is 0 Å². The van der Waals surface area contributed by atoms with Gasteiger partial charge in [-0.3, -0.25) is 14.9 Å². The predicted octanol–water partition coefficient (Wildman–Crippen LogP) is 3.76. The summed E-state index contributed by atoms with van der Waals surface area (Å²) in [5.41, 5.74) is 3.48. The first kappa shape index (κ1) is 18.4. The lowest BCUT2D eigenvalue weighted by molar-refractivity contribution is 0.0627. The van der Waals surface area contributed by atoms with Gasteiger partial charge in [0.25, 0.3) is 0 Å². The van der Waals surface area contributed by atoms with Crippen LogP contribution in [-0.2, 0) is 6.54 Å². The number of carbonyl (C=O) groups excluding carboxylic acids is 1. The van der Waals surface area contributed by atoms with Gasteiger partial charge in [-0.1, -0.05) is 36.4 Å². The van der Waals surface area contributed by atoms with E-state index in [4.69, 9.17) is 0 Å². The molecule has 144 valence electrons. The lowest BCUT2D eigenvalue weighted by Gasteiger charge is -2.44. The second-order valence-electron chi connectivity index (χ2n) is 7.43. The minimum absolute atomic E-state index is 0.0862. The maximum absolute atomic E-state index is 13.0. The van der Waals surface area contributed by atoms with Gasteiger partial charge in [0.2, 0.25) is 0 Å². The average Bonchev–Trinajstić information content (AvgIpc) is 2.71. The Bertz CT molecular complexity index is 956. The first-order chi connectivity index (χ1) is 13.6. The second kappa shape index (κ2) is 7.94. The summed E-state index contributed by atoms with van der Waals surface area (Å²) in [6, 6.07) is 16.5. The number of fused-ring (bicyclic) bond motifs is 1. The molecule has 1 saturated heterocycles. The van der Waals surface area contributed by atoms with E-state index in [-0.39, 0.29) is 18.1 Å². The van der Waals surface area contributed by atoms with Gasteiger partial charge in [0.15, 0.2) is 0 Å². The van der Waals surface area contributed by atoms with Crippen molar-refractivity contribution in [3.8, 4) is 0 Å². The summed E-state index contributed by atoms with van der Waals surface area (Å²) in [4.78, 5) is 26.0. The van der Waals surface area contributed by atoms with E-state index < -0.39 is 0 Å². The van der Waals surface area contributed by atoms with Crippen LogP contribution in [0.5, 0.6) is 0 Å². The third kappa shape index (κ3) is 3.82. The Balaban J connectivity index is 1.45. The van der Waals surface area contributed by atoms with Crippen molar-refractivity contribution in [1.29, 1.82) is 0 Å². The van der Waals surface area contributed by atoms with Gasteiger partial charge in [0.1, 0.15) is 5.52 Å². The van der Waals surface area contributed by atoms with Gasteiger partial charge >= 0.3 is 6.03 Å². The van der Waals surface area contributed by atoms with Gasteiger partial charge in [0, 0.05) is 44.1 Å². The van der Waals surface area contributed by atoms with E-state index in [9.17, 15) is 4.79 Å². The number of amides is 2. The van der Waals surface area contributed by atoms with Crippen LogP contribution < -0.4 is 5.32 Å². The third-order valence-corrected chi connectivity index (χ3v) is 5.34. The molecule has 1 aromatic heterocycles. The Morgan fingerprint density at radius 1 is 1.00 bits per heavy atom. The number of rotatable bonds is 3. The molecular formula is C22H25N5O. The Labute approximate surface area is 165 Å². The summed E-state index contributed by atoms with van der Waals surface area (Å²) in [7, 11) is 0. The van der Waals surface area contributed by atoms with Gasteiger partial charge in [-0.05, 0) is 31.5 Å². The SMILES string of the molecule is CC1CN(C(=O)Nc2cccc3nccnc23)C(C)CN1Cc1ccccc1. The zero-order valence-corrected chi connectivity index (χ0v) is 16.2. The van der Waals surface area contributed by atoms with E-state index in [2.05, 4.69) is 58.3 Å². The van der Waals surface area contributed by atoms with Crippen molar-refractivity contribution >= 4 is 22.8 Å². The number of urea groups is 1. The maximum atomic E-state index is 13.0. The Morgan fingerprint density at radius 2 is 1.79 bits per heavy atom. The van der Waals surface area contributed by atoms with Gasteiger partial charge in [-0.15, -0.1) is 0 Å². The molecule has 1 aliphatic heterocycles. The molecule has 2 unspecified atom stereocenters. The number of hydrogen-bond donors (Lipinski definition) is 1. The van der Waals surface area contributed by atoms with Crippen molar-refractivity contribution in [1.82, 2.24) is 19.8 Å². The van der Waals surface area contributed by atoms with Crippen molar-refractivity contribution < 1.29 is 4.79 Å². The van der Waals surface area contributed by atoms with E-state index in [0.717, 1.165) is 18.6 Å². The summed E-state index contributed by atoms with van der Waals surface area (Å²) in [6.07, 6.45) is 3.30. The highest BCUT2D eigenvalue weighted by Gasteiger charge is 2.32. The molecule has 0 spiro atoms. The van der Waals surface area contributed by atoms with Gasteiger partial charge in [0.05, 0.1) is 11.2 Å². The molecule has 2 atom stereocenters. The molecule has 0 radical (unpaired) electrons. The van der Waals surface area contributed by atoms with Crippen LogP contribution in [0, 0.1) is 0 Å². The number of benzene rings is 2. The van der Waals surface area contributed by atoms with E-state index in [0.29, 0.717) is 17.7 Å². The van der Waals surface area contributed by atoms with Crippen molar-refractivity contribution in [2.45, 2.75) is 32.5 Å². The normalized spacial score (nSPS) is 20.3. The molecule has 4 rings (SSSR count). The summed E-state index contributed by atoms with van der Waals surface area (Å²) in [5.74, 6) is 0. The third-order valence-electron chi connectivity index (χ3n) is 5.34. The zero-order chi connectivity index (χ0) is 19.5. The standard InChI is InChI=1S/C22H25N5O/c1-16-14-27(17(2)13-26(16)15-18-7-4-3-5-8-18)22(28)25-20-10-6-9-19-21(20)24-12-11-23-19/h3-12,16-17H,13-15H2,1-2H3,(H,25,28). The number of aromatic nitrogens is 2. The summed E-state index contributed by atoms with van der Waals surface area (Å²) >= 11 is 0. The molecule has 0 bridgehead atoms. The number of nitrogens with one attached hydrogen (secondary N) is 1. The number of carbonyl (C=O) groups is 1. The van der Waals surface area contributed by atoms with Crippen molar-refractivity contribution in [2.24, 2.45) is 0 Å². The van der Waals surface area contributed by atoms with Crippen molar-refractivity contribution in [3.05, 3.63) is 66.5 Å². The minimum Gasteiger partial charge on any atom is -0.319 e. The van der Waals surface area contributed by atoms with Crippen LogP contribution in [0.15, 0.2) is 60.9 Å². The minimum atomic E-state index is -0.0862. The van der Waals surface area contributed by atoms with Crippen molar-refractivity contribution in [2.75, 3.05) is 18.4 Å². The highest BCUT2D eigenvalue weighted by Crippen LogP contribution is 2.22. The van der Waals surface area contributed by atoms with E-state index in [1.165, 1.54) is 5.56 Å². The summed E-state index contributed by atoms with van der Waals surface area (Å²) in [5, 5.41) is 3.04. The monoisotopic (exact) mass is 375 g/mol. The first-order valence-electron chi connectivity index (χ1n) is 9.67. The largest absolute Gasteiger partial charge is 0.322 e. The van der Waals surface area contributed by atoms with Crippen LogP contribution in [0.2, 0.25) is 0 Å². The average molecular weight is 375 g/mol. The molecule has 0 aliphatic carbocycles. The molecule has 2 aromatic carbocycles. The number of anilines is 1. The Kier molecular flexibility index (Phi) is 5.21. The fourth-order valence-corrected chi connectivity index (χ4v) is 3.80. The van der Waals surface area contributed by atoms with Gasteiger partial charge in [-0.25, -0.2) is 4.79 Å². The van der Waals surface area contributed by atoms with Crippen molar-refractivity contribution in [3.63, 3.8) is 0 Å². The second-order valence-corrected chi connectivity index (χ2v) is 7.43. The molecule has 2 amide bonds. The zero-order valence-electron chi connectivity index (χ0n) is 16.2. The Morgan fingerprint density at radius 3 is 2.61 bits per heavy atom. The number of hydrogen-bond acceptors (Lipinski definition) is 4. The van der Waals surface area contributed by atoms with Gasteiger partial charge in [-0.2, -0.15) is 0 Å². The fourth-order valence-electron chi connectivity index (χ4n) is 3.80. The molecule has 2 heterocycles. The summed E-state index contributed by atoms with van der Waals surface area (Å²) in [6.45, 7) is 6.72. The maximum Gasteiger partial charge on any atom is 0.322 e. The molecule has 0 saturated carbocycles. The highest BCUT2D eigenvalue weighted by molar-refractivity contribution is 5.98. The highest BCUT2D eigenvalue weighted by atomic mass is 16.2. The van der Waals surface area contributed by atoms with Crippen LogP contribution >= 0.6 is 0 Å². The fraction of sp³-hybridized carbons (Fsp3) is 0.318. The molecule has 1 fully saturated rings. The number of nitrogens with zero attached hydrogens (tertiary/aromatic N) is 4. The first-order valence-corrected chi connectivity index (χ1v) is 9.67. The molecule has 1 aliphatic rings. The van der Waals surface area contributed by atoms with Crippen LogP contribution in [0.4, 0.5) is 10.5 Å². The number of para-hydroxylation sites is 1. The smallest absolute Gasteiger partial charge is 0.319 e. The van der Waals surface area contributed by atoms with Gasteiger partial charge < -0.3 is 10.2 Å². The molecule has 6 nitrogen and oxygen atoms in total. The lowest BCUT2D eigenvalue weighted by atomic mass is 10.1. The van der Waals surface area contributed by atoms with E-state index in [1.807, 2.05) is 29.2 Å². The summed E-state index contributed by atoms with van der Waals surface area (Å²) < 4.78 is 0. The van der Waals surface area contributed by atoms with Crippen LogP contribution in [0.1, 0.15) is 19.4 Å². The molecule has 1 N–H and O–H groups in total. The topological polar surface area (TPSA) is 61.4 Å². The quantitative estimate of drug-likeness (QED) is 0.757. The Hall–Kier alpha value is -2.99. The molecular weight excluding hydrogens is 350 g/mol. The van der Waals surface area contributed by atoms with E-state index in [1.54, 1.807) is 12.4 Å². The molecule has 6 heteroatoms. The lowest BCUT2D eigenvalue weighted by Crippen LogP contribution is -2.58. The van der Waals surface area contributed by atoms with E-state index >= 15 is 0 Å².